The summed E-state index contributed by atoms with van der Waals surface area (Å²) in [5, 5.41) is 20.3. The second-order valence-electron chi connectivity index (χ2n) is 6.22. The quantitative estimate of drug-likeness (QED) is 0.918. The lowest BCUT2D eigenvalue weighted by molar-refractivity contribution is 0.0949. The highest BCUT2D eigenvalue weighted by Crippen LogP contribution is 2.44. The van der Waals surface area contributed by atoms with Crippen molar-refractivity contribution < 1.29 is 4.79 Å². The van der Waals surface area contributed by atoms with E-state index in [9.17, 15) is 4.79 Å². The number of carbonyl (C=O) groups excluding carboxylic acids is 1. The highest BCUT2D eigenvalue weighted by atomic mass is 16.1. The Morgan fingerprint density at radius 3 is 2.57 bits per heavy atom. The van der Waals surface area contributed by atoms with E-state index in [4.69, 9.17) is 5.26 Å². The minimum Gasteiger partial charge on any atom is -0.345 e. The molecule has 6 heteroatoms. The van der Waals surface area contributed by atoms with E-state index >= 15 is 0 Å². The molecule has 116 valence electrons. The fourth-order valence-electron chi connectivity index (χ4n) is 2.77. The van der Waals surface area contributed by atoms with Gasteiger partial charge >= 0.3 is 0 Å². The van der Waals surface area contributed by atoms with Crippen LogP contribution < -0.4 is 5.32 Å². The molecular weight excluding hydrogens is 290 g/mol. The average Bonchev–Trinajstić information content (AvgIpc) is 3.51. The van der Waals surface area contributed by atoms with Crippen LogP contribution in [0.3, 0.4) is 0 Å². The zero-order valence-electron chi connectivity index (χ0n) is 12.7. The first kappa shape index (κ1) is 13.9. The number of nitrogens with zero attached hydrogens (tertiary/aromatic N) is 4. The summed E-state index contributed by atoms with van der Waals surface area (Å²) in [5.41, 5.74) is 1.09. The van der Waals surface area contributed by atoms with Gasteiger partial charge in [0.05, 0.1) is 18.2 Å². The molecule has 1 amide bonds. The molecule has 1 heterocycles. The number of rotatable bonds is 5. The Labute approximate surface area is 134 Å². The number of nitriles is 1. The van der Waals surface area contributed by atoms with Crippen LogP contribution in [0.25, 0.3) is 0 Å². The second-order valence-corrected chi connectivity index (χ2v) is 6.22. The summed E-state index contributed by atoms with van der Waals surface area (Å²) < 4.78 is 2.23. The molecule has 1 N–H and O–H groups in total. The van der Waals surface area contributed by atoms with Crippen molar-refractivity contribution in [3.05, 3.63) is 47.0 Å². The van der Waals surface area contributed by atoms with Gasteiger partial charge in [0.25, 0.3) is 5.91 Å². The summed E-state index contributed by atoms with van der Waals surface area (Å²) in [6.07, 6.45) is 4.74. The van der Waals surface area contributed by atoms with E-state index in [0.717, 1.165) is 11.6 Å². The molecular formula is C17H17N5O. The van der Waals surface area contributed by atoms with Gasteiger partial charge in [0.1, 0.15) is 5.82 Å². The Morgan fingerprint density at radius 1 is 1.22 bits per heavy atom. The van der Waals surface area contributed by atoms with Crippen LogP contribution in [-0.2, 0) is 6.54 Å². The molecule has 0 atom stereocenters. The normalized spacial score (nSPS) is 16.8. The third-order valence-electron chi connectivity index (χ3n) is 4.33. The predicted molar refractivity (Wildman–Crippen MR) is 82.6 cm³/mol. The first-order valence-electron chi connectivity index (χ1n) is 7.98. The van der Waals surface area contributed by atoms with Gasteiger partial charge in [-0.25, -0.2) is 0 Å². The van der Waals surface area contributed by atoms with E-state index in [1.807, 2.05) is 6.07 Å². The van der Waals surface area contributed by atoms with Gasteiger partial charge in [-0.3, -0.25) is 4.79 Å². The standard InChI is InChI=1S/C17H17N5O/c18-9-11-1-3-13(4-2-11)17(23)19-10-15-20-21-16(12-5-6-12)22(15)14-7-8-14/h1-4,12,14H,5-8,10H2,(H,19,23). The molecule has 0 bridgehead atoms. The molecule has 0 saturated heterocycles. The van der Waals surface area contributed by atoms with E-state index in [1.165, 1.54) is 25.7 Å². The van der Waals surface area contributed by atoms with Gasteiger partial charge in [-0.2, -0.15) is 5.26 Å². The fourth-order valence-corrected chi connectivity index (χ4v) is 2.77. The topological polar surface area (TPSA) is 83.6 Å². The predicted octanol–water partition coefficient (Wildman–Crippen LogP) is 2.29. The summed E-state index contributed by atoms with van der Waals surface area (Å²) in [7, 11) is 0. The maximum absolute atomic E-state index is 12.2. The summed E-state index contributed by atoms with van der Waals surface area (Å²) in [6.45, 7) is 0.384. The highest BCUT2D eigenvalue weighted by Gasteiger charge is 2.36. The molecule has 1 aromatic heterocycles. The molecule has 0 spiro atoms. The van der Waals surface area contributed by atoms with E-state index < -0.39 is 0 Å². The lowest BCUT2D eigenvalue weighted by atomic mass is 10.1. The number of benzene rings is 1. The van der Waals surface area contributed by atoms with Crippen LogP contribution in [0.2, 0.25) is 0 Å². The first-order chi connectivity index (χ1) is 11.3. The van der Waals surface area contributed by atoms with E-state index in [2.05, 4.69) is 20.1 Å². The molecule has 2 aromatic rings. The maximum Gasteiger partial charge on any atom is 0.251 e. The van der Waals surface area contributed by atoms with E-state index in [0.29, 0.717) is 29.6 Å². The Kier molecular flexibility index (Phi) is 3.34. The number of hydrogen-bond acceptors (Lipinski definition) is 4. The van der Waals surface area contributed by atoms with Gasteiger partial charge in [0, 0.05) is 17.5 Å². The SMILES string of the molecule is N#Cc1ccc(C(=O)NCc2nnc(C3CC3)n2C2CC2)cc1. The molecule has 4 rings (SSSR count). The van der Waals surface area contributed by atoms with Crippen LogP contribution in [0.5, 0.6) is 0 Å². The van der Waals surface area contributed by atoms with Gasteiger partial charge in [-0.05, 0) is 49.9 Å². The van der Waals surface area contributed by atoms with Gasteiger partial charge in [0.15, 0.2) is 5.82 Å². The lowest BCUT2D eigenvalue weighted by Gasteiger charge is -2.09. The number of hydrogen-bond donors (Lipinski definition) is 1. The molecule has 6 nitrogen and oxygen atoms in total. The monoisotopic (exact) mass is 307 g/mol. The van der Waals surface area contributed by atoms with Crippen molar-refractivity contribution >= 4 is 5.91 Å². The van der Waals surface area contributed by atoms with Crippen LogP contribution >= 0.6 is 0 Å². The van der Waals surface area contributed by atoms with Crippen LogP contribution in [0.15, 0.2) is 24.3 Å². The van der Waals surface area contributed by atoms with Crippen molar-refractivity contribution in [1.29, 1.82) is 5.26 Å². The fraction of sp³-hybridized carbons (Fsp3) is 0.412. The van der Waals surface area contributed by atoms with Gasteiger partial charge in [-0.15, -0.1) is 10.2 Å². The second kappa shape index (κ2) is 5.51. The van der Waals surface area contributed by atoms with Gasteiger partial charge in [0.2, 0.25) is 0 Å². The van der Waals surface area contributed by atoms with Crippen molar-refractivity contribution in [2.45, 2.75) is 44.2 Å². The number of carbonyl (C=O) groups is 1. The molecule has 2 aliphatic rings. The Bertz CT molecular complexity index is 778. The van der Waals surface area contributed by atoms with Crippen molar-refractivity contribution in [1.82, 2.24) is 20.1 Å². The molecule has 0 unspecified atom stereocenters. The summed E-state index contributed by atoms with van der Waals surface area (Å²) >= 11 is 0. The largest absolute Gasteiger partial charge is 0.345 e. The average molecular weight is 307 g/mol. The van der Waals surface area contributed by atoms with Crippen molar-refractivity contribution in [3.8, 4) is 6.07 Å². The zero-order chi connectivity index (χ0) is 15.8. The van der Waals surface area contributed by atoms with Crippen LogP contribution in [-0.4, -0.2) is 20.7 Å². The van der Waals surface area contributed by atoms with Crippen LogP contribution in [0.4, 0.5) is 0 Å². The molecule has 0 aliphatic heterocycles. The summed E-state index contributed by atoms with van der Waals surface area (Å²) in [6, 6.07) is 9.17. The molecule has 2 fully saturated rings. The van der Waals surface area contributed by atoms with Gasteiger partial charge in [-0.1, -0.05) is 0 Å². The number of amides is 1. The summed E-state index contributed by atoms with van der Waals surface area (Å²) in [4.78, 5) is 12.2. The minimum atomic E-state index is -0.159. The first-order valence-corrected chi connectivity index (χ1v) is 7.98. The maximum atomic E-state index is 12.2. The zero-order valence-corrected chi connectivity index (χ0v) is 12.7. The Balaban J connectivity index is 1.46. The highest BCUT2D eigenvalue weighted by molar-refractivity contribution is 5.94. The molecule has 23 heavy (non-hydrogen) atoms. The molecule has 2 saturated carbocycles. The number of aromatic nitrogens is 3. The molecule has 1 aromatic carbocycles. The van der Waals surface area contributed by atoms with Gasteiger partial charge < -0.3 is 9.88 Å². The third-order valence-corrected chi connectivity index (χ3v) is 4.33. The molecule has 0 radical (unpaired) electrons. The van der Waals surface area contributed by atoms with Crippen molar-refractivity contribution in [2.75, 3.05) is 0 Å². The van der Waals surface area contributed by atoms with E-state index in [1.54, 1.807) is 24.3 Å². The third kappa shape index (κ3) is 2.82. The smallest absolute Gasteiger partial charge is 0.251 e. The van der Waals surface area contributed by atoms with Crippen molar-refractivity contribution in [3.63, 3.8) is 0 Å². The van der Waals surface area contributed by atoms with E-state index in [-0.39, 0.29) is 5.91 Å². The van der Waals surface area contributed by atoms with Crippen LogP contribution in [0.1, 0.15) is 65.2 Å². The lowest BCUT2D eigenvalue weighted by Crippen LogP contribution is -2.24. The molecule has 2 aliphatic carbocycles. The van der Waals surface area contributed by atoms with Crippen LogP contribution in [0, 0.1) is 11.3 Å². The Hall–Kier alpha value is -2.68. The Morgan fingerprint density at radius 2 is 1.96 bits per heavy atom. The van der Waals surface area contributed by atoms with Crippen molar-refractivity contribution in [2.24, 2.45) is 0 Å². The number of nitrogens with one attached hydrogen (secondary N) is 1. The minimum absolute atomic E-state index is 0.159. The summed E-state index contributed by atoms with van der Waals surface area (Å²) in [5.74, 6) is 2.34.